The van der Waals surface area contributed by atoms with E-state index in [0.717, 1.165) is 32.4 Å². The lowest BCUT2D eigenvalue weighted by Gasteiger charge is -2.30. The van der Waals surface area contributed by atoms with Crippen molar-refractivity contribution in [1.82, 2.24) is 4.90 Å². The van der Waals surface area contributed by atoms with Crippen LogP contribution in [0.5, 0.6) is 0 Å². The maximum atomic E-state index is 11.2. The summed E-state index contributed by atoms with van der Waals surface area (Å²) < 4.78 is 0. The Kier molecular flexibility index (Phi) is 5.80. The number of nitrogens with zero attached hydrogens (tertiary/aromatic N) is 1. The molecule has 2 aliphatic rings. The molecule has 0 aromatic heterocycles. The minimum absolute atomic E-state index is 0. The van der Waals surface area contributed by atoms with Crippen LogP contribution in [0.25, 0.3) is 16.7 Å². The molecule has 0 unspecified atom stereocenters. The average Bonchev–Trinajstić information content (AvgIpc) is 2.96. The van der Waals surface area contributed by atoms with Crippen LogP contribution in [0.4, 0.5) is 0 Å². The van der Waals surface area contributed by atoms with Gasteiger partial charge in [-0.1, -0.05) is 54.6 Å². The van der Waals surface area contributed by atoms with E-state index in [1.165, 1.54) is 27.8 Å². The summed E-state index contributed by atoms with van der Waals surface area (Å²) in [6.45, 7) is 2.63. The largest absolute Gasteiger partial charge is 0.481 e. The minimum Gasteiger partial charge on any atom is -0.481 e. The lowest BCUT2D eigenvalue weighted by molar-refractivity contribution is -0.143. The molecule has 1 aliphatic heterocycles. The first-order valence-corrected chi connectivity index (χ1v) is 9.08. The van der Waals surface area contributed by atoms with Gasteiger partial charge in [0, 0.05) is 13.1 Å². The summed E-state index contributed by atoms with van der Waals surface area (Å²) in [6.07, 6.45) is 5.08. The second kappa shape index (κ2) is 8.07. The maximum absolute atomic E-state index is 11.2. The Labute approximate surface area is 160 Å². The van der Waals surface area contributed by atoms with Gasteiger partial charge in [0.25, 0.3) is 0 Å². The van der Waals surface area contributed by atoms with Crippen LogP contribution in [-0.4, -0.2) is 35.6 Å². The standard InChI is InChI=1S/C22H23NO2.ClH/c24-22(25)16-7-5-13-23(15-16)14-6-12-21-19-10-3-1-8-17(19)18-9-2-4-11-20(18)21;/h1-4,8-12,16H,5-7,13-15H2,(H,24,25);1H/t16-;/m1./s1. The van der Waals surface area contributed by atoms with Gasteiger partial charge < -0.3 is 10.0 Å². The van der Waals surface area contributed by atoms with Crippen molar-refractivity contribution in [3.63, 3.8) is 0 Å². The molecular weight excluding hydrogens is 346 g/mol. The molecule has 0 spiro atoms. The fraction of sp³-hybridized carbons (Fsp3) is 0.318. The number of aliphatic carboxylic acids is 1. The highest BCUT2D eigenvalue weighted by molar-refractivity contribution is 6.01. The summed E-state index contributed by atoms with van der Waals surface area (Å²) in [7, 11) is 0. The van der Waals surface area contributed by atoms with Gasteiger partial charge >= 0.3 is 5.97 Å². The van der Waals surface area contributed by atoms with Gasteiger partial charge in [0.05, 0.1) is 5.92 Å². The van der Waals surface area contributed by atoms with Gasteiger partial charge in [0.2, 0.25) is 0 Å². The van der Waals surface area contributed by atoms with Gasteiger partial charge in [0.1, 0.15) is 0 Å². The van der Waals surface area contributed by atoms with E-state index in [1.54, 1.807) is 0 Å². The topological polar surface area (TPSA) is 40.5 Å². The Hall–Kier alpha value is -2.10. The summed E-state index contributed by atoms with van der Waals surface area (Å²) in [4.78, 5) is 13.5. The molecule has 1 aliphatic carbocycles. The average molecular weight is 370 g/mol. The first-order chi connectivity index (χ1) is 12.2. The molecule has 3 nitrogen and oxygen atoms in total. The zero-order valence-electron chi connectivity index (χ0n) is 14.7. The van der Waals surface area contributed by atoms with Crippen LogP contribution in [-0.2, 0) is 4.79 Å². The molecular formula is C22H24ClNO2. The van der Waals surface area contributed by atoms with Crippen molar-refractivity contribution in [2.45, 2.75) is 19.3 Å². The van der Waals surface area contributed by atoms with Crippen molar-refractivity contribution in [2.24, 2.45) is 5.92 Å². The van der Waals surface area contributed by atoms with Crippen molar-refractivity contribution in [3.8, 4) is 11.1 Å². The van der Waals surface area contributed by atoms with Crippen molar-refractivity contribution in [2.75, 3.05) is 19.6 Å². The third-order valence-electron chi connectivity index (χ3n) is 5.37. The number of carboxylic acid groups (broad SMARTS) is 1. The summed E-state index contributed by atoms with van der Waals surface area (Å²) in [6, 6.07) is 17.2. The van der Waals surface area contributed by atoms with E-state index in [0.29, 0.717) is 6.54 Å². The molecule has 1 saturated heterocycles. The number of carboxylic acids is 1. The zero-order chi connectivity index (χ0) is 17.2. The van der Waals surface area contributed by atoms with E-state index in [2.05, 4.69) is 59.5 Å². The Morgan fingerprint density at radius 3 is 2.19 bits per heavy atom. The van der Waals surface area contributed by atoms with Crippen molar-refractivity contribution < 1.29 is 9.90 Å². The van der Waals surface area contributed by atoms with Crippen LogP contribution in [0.15, 0.2) is 54.6 Å². The molecule has 4 rings (SSSR count). The monoisotopic (exact) mass is 369 g/mol. The number of likely N-dealkylation sites (tertiary alicyclic amines) is 1. The number of hydrogen-bond donors (Lipinski definition) is 1. The molecule has 136 valence electrons. The molecule has 0 amide bonds. The molecule has 0 radical (unpaired) electrons. The summed E-state index contributed by atoms with van der Waals surface area (Å²) in [5.41, 5.74) is 6.57. The molecule has 2 aromatic rings. The van der Waals surface area contributed by atoms with E-state index >= 15 is 0 Å². The third kappa shape index (κ3) is 3.55. The molecule has 1 fully saturated rings. The number of piperidine rings is 1. The van der Waals surface area contributed by atoms with E-state index < -0.39 is 5.97 Å². The van der Waals surface area contributed by atoms with Gasteiger partial charge in [-0.15, -0.1) is 12.4 Å². The molecule has 1 atom stereocenters. The van der Waals surface area contributed by atoms with E-state index in [-0.39, 0.29) is 18.3 Å². The van der Waals surface area contributed by atoms with Gasteiger partial charge in [-0.25, -0.2) is 0 Å². The number of rotatable bonds is 4. The normalized spacial score (nSPS) is 18.6. The molecule has 2 aromatic carbocycles. The van der Waals surface area contributed by atoms with Crippen LogP contribution in [0.3, 0.4) is 0 Å². The SMILES string of the molecule is Cl.O=C(O)[C@@H]1CCCN(CCC=C2c3ccccc3-c3ccccc32)C1. The number of benzene rings is 2. The molecule has 1 N–H and O–H groups in total. The Balaban J connectivity index is 0.00000196. The molecule has 1 heterocycles. The highest BCUT2D eigenvalue weighted by Gasteiger charge is 2.25. The minimum atomic E-state index is -0.651. The van der Waals surface area contributed by atoms with Gasteiger partial charge in [-0.2, -0.15) is 0 Å². The van der Waals surface area contributed by atoms with Crippen LogP contribution < -0.4 is 0 Å². The fourth-order valence-corrected chi connectivity index (χ4v) is 4.12. The smallest absolute Gasteiger partial charge is 0.307 e. The first kappa shape index (κ1) is 18.7. The first-order valence-electron chi connectivity index (χ1n) is 9.08. The number of halogens is 1. The number of hydrogen-bond acceptors (Lipinski definition) is 2. The van der Waals surface area contributed by atoms with Crippen LogP contribution in [0.1, 0.15) is 30.4 Å². The fourth-order valence-electron chi connectivity index (χ4n) is 4.12. The predicted octanol–water partition coefficient (Wildman–Crippen LogP) is 4.71. The van der Waals surface area contributed by atoms with Crippen molar-refractivity contribution in [1.29, 1.82) is 0 Å². The van der Waals surface area contributed by atoms with Crippen LogP contribution in [0.2, 0.25) is 0 Å². The zero-order valence-corrected chi connectivity index (χ0v) is 15.5. The van der Waals surface area contributed by atoms with Crippen LogP contribution >= 0.6 is 12.4 Å². The Bertz CT molecular complexity index is 783. The highest BCUT2D eigenvalue weighted by Crippen LogP contribution is 2.43. The summed E-state index contributed by atoms with van der Waals surface area (Å²) in [5, 5.41) is 9.23. The lowest BCUT2D eigenvalue weighted by atomic mass is 9.98. The number of carbonyl (C=O) groups is 1. The van der Waals surface area contributed by atoms with E-state index in [9.17, 15) is 9.90 Å². The second-order valence-electron chi connectivity index (χ2n) is 6.98. The summed E-state index contributed by atoms with van der Waals surface area (Å²) >= 11 is 0. The quantitative estimate of drug-likeness (QED) is 0.724. The third-order valence-corrected chi connectivity index (χ3v) is 5.37. The Morgan fingerprint density at radius 2 is 1.62 bits per heavy atom. The van der Waals surface area contributed by atoms with Crippen molar-refractivity contribution >= 4 is 23.9 Å². The number of fused-ring (bicyclic) bond motifs is 3. The van der Waals surface area contributed by atoms with Crippen LogP contribution in [0, 0.1) is 5.92 Å². The lowest BCUT2D eigenvalue weighted by Crippen LogP contribution is -2.39. The second-order valence-corrected chi connectivity index (χ2v) is 6.98. The van der Waals surface area contributed by atoms with E-state index in [1.807, 2.05) is 0 Å². The molecule has 0 saturated carbocycles. The van der Waals surface area contributed by atoms with E-state index in [4.69, 9.17) is 0 Å². The molecule has 4 heteroatoms. The maximum Gasteiger partial charge on any atom is 0.307 e. The van der Waals surface area contributed by atoms with Gasteiger partial charge in [0.15, 0.2) is 0 Å². The summed E-state index contributed by atoms with van der Waals surface area (Å²) in [5.74, 6) is -0.851. The molecule has 0 bridgehead atoms. The highest BCUT2D eigenvalue weighted by atomic mass is 35.5. The van der Waals surface area contributed by atoms with Gasteiger partial charge in [-0.3, -0.25) is 4.79 Å². The molecule has 26 heavy (non-hydrogen) atoms. The predicted molar refractivity (Wildman–Crippen MR) is 108 cm³/mol. The Morgan fingerprint density at radius 1 is 1.04 bits per heavy atom. The van der Waals surface area contributed by atoms with Crippen molar-refractivity contribution in [3.05, 3.63) is 65.7 Å². The van der Waals surface area contributed by atoms with Gasteiger partial charge in [-0.05, 0) is 53.6 Å².